The smallest absolute Gasteiger partial charge is 0.235 e. The van der Waals surface area contributed by atoms with E-state index < -0.39 is 0 Å². The Morgan fingerprint density at radius 1 is 0.314 bits per heavy atom. The molecule has 5 nitrogen and oxygen atoms in total. The average molecular weight is 652 g/mol. The minimum atomic E-state index is 0.602. The van der Waals surface area contributed by atoms with Gasteiger partial charge in [-0.15, -0.1) is 0 Å². The molecule has 11 rings (SSSR count). The summed E-state index contributed by atoms with van der Waals surface area (Å²) in [4.78, 5) is 10.6. The predicted octanol–water partition coefficient (Wildman–Crippen LogP) is 11.4. The Balaban J connectivity index is 1.38. The molecule has 0 radical (unpaired) electrons. The van der Waals surface area contributed by atoms with E-state index in [1.807, 2.05) is 12.1 Å². The molecule has 0 aliphatic rings. The van der Waals surface area contributed by atoms with Crippen LogP contribution in [0.15, 0.2) is 176 Å². The van der Waals surface area contributed by atoms with Crippen LogP contribution in [0.25, 0.3) is 94.1 Å². The topological polar surface area (TPSA) is 39.5 Å². The van der Waals surface area contributed by atoms with Crippen LogP contribution >= 0.6 is 0 Å². The highest BCUT2D eigenvalue weighted by Crippen LogP contribution is 2.38. The van der Waals surface area contributed by atoms with Crippen LogP contribution in [-0.2, 0) is 0 Å². The number of hydrogen-bond acceptors (Lipinski definition) is 2. The van der Waals surface area contributed by atoms with E-state index in [0.29, 0.717) is 5.95 Å². The molecule has 0 unspecified atom stereocenters. The van der Waals surface area contributed by atoms with Gasteiger partial charge >= 0.3 is 0 Å². The van der Waals surface area contributed by atoms with Gasteiger partial charge in [0.2, 0.25) is 5.95 Å². The zero-order chi connectivity index (χ0) is 33.5. The van der Waals surface area contributed by atoms with Crippen molar-refractivity contribution in [2.45, 2.75) is 0 Å². The van der Waals surface area contributed by atoms with E-state index >= 15 is 0 Å². The first kappa shape index (κ1) is 27.9. The lowest BCUT2D eigenvalue weighted by Gasteiger charge is -2.14. The lowest BCUT2D eigenvalue weighted by molar-refractivity contribution is 0.986. The van der Waals surface area contributed by atoms with Gasteiger partial charge in [0.15, 0.2) is 0 Å². The van der Waals surface area contributed by atoms with Crippen molar-refractivity contribution < 1.29 is 0 Å². The Kier molecular flexibility index (Phi) is 5.89. The molecule has 0 spiro atoms. The number of aromatic nitrogens is 5. The molecule has 0 aliphatic heterocycles. The molecule has 0 amide bonds. The molecule has 11 aromatic rings. The van der Waals surface area contributed by atoms with Gasteiger partial charge in [-0.25, -0.2) is 9.97 Å². The van der Waals surface area contributed by atoms with Crippen molar-refractivity contribution in [3.8, 4) is 28.5 Å². The number of benzene rings is 7. The Morgan fingerprint density at radius 3 is 1.27 bits per heavy atom. The monoisotopic (exact) mass is 651 g/mol. The highest BCUT2D eigenvalue weighted by atomic mass is 15.2. The summed E-state index contributed by atoms with van der Waals surface area (Å²) >= 11 is 0. The minimum absolute atomic E-state index is 0.602. The summed E-state index contributed by atoms with van der Waals surface area (Å²) in [5.41, 5.74) is 12.6. The summed E-state index contributed by atoms with van der Waals surface area (Å²) in [5.74, 6) is 0.602. The molecule has 4 aromatic heterocycles. The summed E-state index contributed by atoms with van der Waals surface area (Å²) in [6, 6.07) is 62.6. The number of hydrogen-bond donors (Lipinski definition) is 0. The Bertz CT molecular complexity index is 2980. The quantitative estimate of drug-likeness (QED) is 0.191. The third-order valence-electron chi connectivity index (χ3n) is 10.2. The number of fused-ring (bicyclic) bond motifs is 12. The van der Waals surface area contributed by atoms with E-state index in [2.05, 4.69) is 177 Å². The van der Waals surface area contributed by atoms with Gasteiger partial charge in [0.25, 0.3) is 0 Å². The van der Waals surface area contributed by atoms with Gasteiger partial charge in [-0.2, -0.15) is 0 Å². The number of para-hydroxylation sites is 2. The molecule has 0 fully saturated rings. The molecule has 5 heteroatoms. The van der Waals surface area contributed by atoms with E-state index in [1.165, 1.54) is 43.6 Å². The van der Waals surface area contributed by atoms with E-state index in [1.54, 1.807) is 0 Å². The average Bonchev–Trinajstić information content (AvgIpc) is 3.69. The van der Waals surface area contributed by atoms with Crippen LogP contribution in [0, 0.1) is 0 Å². The molecule has 0 atom stereocenters. The first-order chi connectivity index (χ1) is 25.3. The fourth-order valence-corrected chi connectivity index (χ4v) is 7.96. The first-order valence-corrected chi connectivity index (χ1v) is 17.3. The summed E-state index contributed by atoms with van der Waals surface area (Å²) in [5, 5.41) is 4.94. The summed E-state index contributed by atoms with van der Waals surface area (Å²) < 4.78 is 7.01. The van der Waals surface area contributed by atoms with Gasteiger partial charge in [-0.05, 0) is 66.7 Å². The molecule has 238 valence electrons. The molecule has 0 saturated carbocycles. The number of rotatable bonds is 3. The lowest BCUT2D eigenvalue weighted by atomic mass is 10.1. The van der Waals surface area contributed by atoms with Crippen molar-refractivity contribution in [1.29, 1.82) is 0 Å². The van der Waals surface area contributed by atoms with Crippen molar-refractivity contribution in [3.05, 3.63) is 176 Å². The molecule has 0 saturated heterocycles. The SMILES string of the molecule is c1ccc(-c2cc(-c3ccccc3)nc(-n3c4cccc(c4)n4c5ccccc5c5cc6c7ccccc7n(c7cccc3c7)c6cc54)n2)cc1. The highest BCUT2D eigenvalue weighted by molar-refractivity contribution is 6.19. The van der Waals surface area contributed by atoms with Crippen molar-refractivity contribution in [2.24, 2.45) is 0 Å². The second-order valence-electron chi connectivity index (χ2n) is 13.1. The summed E-state index contributed by atoms with van der Waals surface area (Å²) in [7, 11) is 0. The molecular weight excluding hydrogens is 623 g/mol. The second-order valence-corrected chi connectivity index (χ2v) is 13.1. The Morgan fingerprint density at radius 2 is 0.765 bits per heavy atom. The van der Waals surface area contributed by atoms with Crippen LogP contribution in [0.1, 0.15) is 0 Å². The summed E-state index contributed by atoms with van der Waals surface area (Å²) in [6.07, 6.45) is 0. The Labute approximate surface area is 292 Å². The molecule has 7 aromatic carbocycles. The van der Waals surface area contributed by atoms with Crippen LogP contribution in [-0.4, -0.2) is 23.3 Å². The largest absolute Gasteiger partial charge is 0.309 e. The normalized spacial score (nSPS) is 11.9. The predicted molar refractivity (Wildman–Crippen MR) is 210 cm³/mol. The van der Waals surface area contributed by atoms with Crippen LogP contribution in [0.2, 0.25) is 0 Å². The van der Waals surface area contributed by atoms with Crippen LogP contribution < -0.4 is 0 Å². The zero-order valence-corrected chi connectivity index (χ0v) is 27.5. The van der Waals surface area contributed by atoms with Gasteiger partial charge in [0.05, 0.1) is 44.5 Å². The van der Waals surface area contributed by atoms with Crippen LogP contribution in [0.5, 0.6) is 0 Å². The molecule has 0 N–H and O–H groups in total. The van der Waals surface area contributed by atoms with E-state index in [0.717, 1.165) is 44.6 Å². The van der Waals surface area contributed by atoms with Crippen molar-refractivity contribution in [3.63, 3.8) is 0 Å². The van der Waals surface area contributed by atoms with Gasteiger partial charge in [-0.3, -0.25) is 4.57 Å². The highest BCUT2D eigenvalue weighted by Gasteiger charge is 2.17. The molecule has 4 heterocycles. The maximum absolute atomic E-state index is 5.31. The fraction of sp³-hybridized carbons (Fsp3) is 0. The van der Waals surface area contributed by atoms with Crippen molar-refractivity contribution >= 4 is 65.7 Å². The molecule has 0 aliphatic carbocycles. The van der Waals surface area contributed by atoms with Gasteiger partial charge in [0.1, 0.15) is 0 Å². The second kappa shape index (κ2) is 10.8. The van der Waals surface area contributed by atoms with Crippen LogP contribution in [0.3, 0.4) is 0 Å². The minimum Gasteiger partial charge on any atom is -0.309 e. The lowest BCUT2D eigenvalue weighted by Crippen LogP contribution is -2.05. The van der Waals surface area contributed by atoms with Gasteiger partial charge < -0.3 is 8.80 Å². The van der Waals surface area contributed by atoms with E-state index in [9.17, 15) is 0 Å². The third kappa shape index (κ3) is 4.22. The van der Waals surface area contributed by atoms with Crippen LogP contribution in [0.4, 0.5) is 0 Å². The molecular formula is C46H29N5. The maximum atomic E-state index is 5.31. The van der Waals surface area contributed by atoms with E-state index in [-0.39, 0.29) is 0 Å². The standard InChI is InChI=1S/C46H29N5/c1-3-13-30(14-4-1)40-28-41(31-15-5-2-6-16-31)48-46(47-40)49-32-17-11-19-34(25-32)50-42-23-9-7-21-36(42)38-27-39-37-22-8-10-24-43(37)51(45(39)29-44(38)50)35-20-12-18-33(49)26-35/h1-29H. The number of nitrogens with zero attached hydrogens (tertiary/aromatic N) is 5. The van der Waals surface area contributed by atoms with E-state index in [4.69, 9.17) is 9.97 Å². The molecule has 51 heavy (non-hydrogen) atoms. The fourth-order valence-electron chi connectivity index (χ4n) is 7.96. The zero-order valence-electron chi connectivity index (χ0n) is 27.5. The van der Waals surface area contributed by atoms with Crippen molar-refractivity contribution in [2.75, 3.05) is 0 Å². The Hall–Kier alpha value is -6.98. The first-order valence-electron chi connectivity index (χ1n) is 17.3. The summed E-state index contributed by atoms with van der Waals surface area (Å²) in [6.45, 7) is 0. The third-order valence-corrected chi connectivity index (χ3v) is 10.2. The van der Waals surface area contributed by atoms with Gasteiger partial charge in [-0.1, -0.05) is 109 Å². The maximum Gasteiger partial charge on any atom is 0.235 e. The van der Waals surface area contributed by atoms with Gasteiger partial charge in [0, 0.05) is 43.7 Å². The molecule has 6 bridgehead atoms. The van der Waals surface area contributed by atoms with Crippen molar-refractivity contribution in [1.82, 2.24) is 23.3 Å².